The van der Waals surface area contributed by atoms with Crippen LogP contribution in [0.1, 0.15) is 23.1 Å². The van der Waals surface area contributed by atoms with Gasteiger partial charge in [-0.05, 0) is 90.7 Å². The van der Waals surface area contributed by atoms with E-state index in [1.807, 2.05) is 0 Å². The van der Waals surface area contributed by atoms with Crippen molar-refractivity contribution in [1.29, 1.82) is 10.5 Å². The largest absolute Gasteiger partial charge is 0.481 e. The summed E-state index contributed by atoms with van der Waals surface area (Å²) in [6, 6.07) is 29.2. The molecule has 0 unspecified atom stereocenters. The standard InChI is InChI=1S/C46H32Cl2N14O9S3/c1-23-32(21-49)40(53-29-15-16-34(48)36(20-29)74(69,70)71)55-41(52-27-13-8-26(47)9-14-27)39(23)60-61-42-33(22-50)38(43(72-42)62-59-30-12-5-24-3-2-4-35(31(24)19-30)73(66,67)68)25-6-10-28(11-7-25)54-45-56-44(57-46(65)58-45)51-18-17-37(63)64/h2-16,19-20H,17-18H2,1H3,(H,63,64)(H2,52,53,55)(H,66,67,68)(H,69,70,71)(H3,51,54,56,57,58,65). The molecule has 0 radical (unpaired) electrons. The first kappa shape index (κ1) is 51.6. The van der Waals surface area contributed by atoms with Gasteiger partial charge < -0.3 is 31.5 Å². The van der Waals surface area contributed by atoms with Gasteiger partial charge in [0.05, 0.1) is 22.7 Å². The van der Waals surface area contributed by atoms with Gasteiger partial charge in [-0.3, -0.25) is 13.9 Å². The molecule has 5 aromatic carbocycles. The highest BCUT2D eigenvalue weighted by Crippen LogP contribution is 2.49. The quantitative estimate of drug-likeness (QED) is 0.0310. The third-order valence-electron chi connectivity index (χ3n) is 10.4. The Balaban J connectivity index is 1.23. The fraction of sp³-hybridized carbons (Fsp3) is 0.0652. The highest BCUT2D eigenvalue weighted by Gasteiger charge is 2.24. The van der Waals surface area contributed by atoms with Gasteiger partial charge in [0.2, 0.25) is 11.9 Å². The molecule has 8 N–H and O–H groups in total. The van der Waals surface area contributed by atoms with E-state index in [-0.39, 0.29) is 101 Å². The molecule has 0 aliphatic heterocycles. The molecule has 3 heterocycles. The zero-order valence-electron chi connectivity index (χ0n) is 37.5. The van der Waals surface area contributed by atoms with Crippen molar-refractivity contribution in [3.63, 3.8) is 0 Å². The number of aromatic nitrogens is 4. The first-order chi connectivity index (χ1) is 35.3. The lowest BCUT2D eigenvalue weighted by Gasteiger charge is -2.16. The Hall–Kier alpha value is -8.73. The van der Waals surface area contributed by atoms with E-state index in [1.54, 1.807) is 73.7 Å². The van der Waals surface area contributed by atoms with Crippen LogP contribution in [0.2, 0.25) is 10.0 Å². The van der Waals surface area contributed by atoms with E-state index in [2.05, 4.69) is 73.8 Å². The zero-order valence-corrected chi connectivity index (χ0v) is 41.5. The number of carbonyl (C=O) groups is 1. The molecule has 0 spiro atoms. The molecular formula is C46H32Cl2N14O9S3. The van der Waals surface area contributed by atoms with Gasteiger partial charge in [0.25, 0.3) is 20.2 Å². The number of rotatable bonds is 17. The Kier molecular flexibility index (Phi) is 15.0. The Morgan fingerprint density at radius 3 is 2.04 bits per heavy atom. The van der Waals surface area contributed by atoms with Gasteiger partial charge in [-0.15, -0.1) is 20.5 Å². The summed E-state index contributed by atoms with van der Waals surface area (Å²) in [7, 11) is -9.38. The van der Waals surface area contributed by atoms with Crippen molar-refractivity contribution < 1.29 is 40.9 Å². The molecule has 0 aliphatic carbocycles. The van der Waals surface area contributed by atoms with Crippen LogP contribution in [-0.2, 0) is 25.0 Å². The molecule has 74 heavy (non-hydrogen) atoms. The summed E-state index contributed by atoms with van der Waals surface area (Å²) in [5.74, 6) is -1.25. The van der Waals surface area contributed by atoms with E-state index < -0.39 is 37.1 Å². The molecule has 372 valence electrons. The first-order valence-corrected chi connectivity index (χ1v) is 25.4. The number of pyridine rings is 1. The maximum Gasteiger partial charge on any atom is 0.320 e. The molecule has 8 rings (SSSR count). The highest BCUT2D eigenvalue weighted by molar-refractivity contribution is 7.86. The number of nitrogens with one attached hydrogen (secondary N) is 4. The van der Waals surface area contributed by atoms with E-state index in [0.717, 1.165) is 17.4 Å². The molecular weight excluding hydrogens is 1060 g/mol. The number of halogens is 2. The summed E-state index contributed by atoms with van der Waals surface area (Å²) in [5.41, 5.74) is 2.00. The lowest BCUT2D eigenvalue weighted by atomic mass is 10.0. The minimum Gasteiger partial charge on any atom is -0.481 e. The number of aromatic hydroxyl groups is 1. The first-order valence-electron chi connectivity index (χ1n) is 21.0. The molecule has 0 bridgehead atoms. The average molecular weight is 1090 g/mol. The Morgan fingerprint density at radius 2 is 1.35 bits per heavy atom. The second-order valence-corrected chi connectivity index (χ2v) is 19.9. The number of azo groups is 2. The molecule has 28 heteroatoms. The van der Waals surface area contributed by atoms with Crippen molar-refractivity contribution in [3.05, 3.63) is 130 Å². The number of carboxylic acids is 1. The molecule has 3 aromatic heterocycles. The molecule has 0 fully saturated rings. The van der Waals surface area contributed by atoms with E-state index in [1.165, 1.54) is 30.3 Å². The fourth-order valence-corrected chi connectivity index (χ4v) is 9.73. The van der Waals surface area contributed by atoms with Crippen LogP contribution >= 0.6 is 34.5 Å². The molecule has 8 aromatic rings. The van der Waals surface area contributed by atoms with E-state index in [0.29, 0.717) is 27.3 Å². The summed E-state index contributed by atoms with van der Waals surface area (Å²) in [5, 5.41) is 71.0. The van der Waals surface area contributed by atoms with Crippen LogP contribution in [0, 0.1) is 29.6 Å². The summed E-state index contributed by atoms with van der Waals surface area (Å²) in [6.07, 6.45) is -0.240. The predicted octanol–water partition coefficient (Wildman–Crippen LogP) is 11.7. The van der Waals surface area contributed by atoms with Gasteiger partial charge in [0.1, 0.15) is 38.2 Å². The third-order valence-corrected chi connectivity index (χ3v) is 13.8. The Bertz CT molecular complexity index is 3930. The predicted molar refractivity (Wildman–Crippen MR) is 275 cm³/mol. The molecule has 0 amide bonds. The minimum absolute atomic E-state index is 0.0193. The number of hydrogen-bond donors (Lipinski definition) is 8. The normalized spacial score (nSPS) is 11.7. The van der Waals surface area contributed by atoms with Crippen molar-refractivity contribution >= 4 is 133 Å². The van der Waals surface area contributed by atoms with Crippen LogP contribution in [0.25, 0.3) is 21.9 Å². The SMILES string of the molecule is Cc1c(C#N)c(Nc2ccc(Cl)c(S(=O)(=O)O)c2)nc(Nc2ccc(Cl)cc2)c1N=Nc1sc(N=Nc2ccc3cccc(S(=O)(=O)O)c3c2)c(-c2ccc(Nc3nc(O)nc(NCCC(=O)O)n3)cc2)c1C#N. The number of anilines is 7. The van der Waals surface area contributed by atoms with Crippen molar-refractivity contribution in [1.82, 2.24) is 19.9 Å². The number of fused-ring (bicyclic) bond motifs is 1. The Morgan fingerprint density at radius 1 is 0.703 bits per heavy atom. The fourth-order valence-electron chi connectivity index (χ4n) is 6.98. The lowest BCUT2D eigenvalue weighted by molar-refractivity contribution is -0.136. The number of aliphatic carboxylic acids is 1. The van der Waals surface area contributed by atoms with Gasteiger partial charge in [-0.25, -0.2) is 4.98 Å². The van der Waals surface area contributed by atoms with Gasteiger partial charge in [0.15, 0.2) is 16.6 Å². The van der Waals surface area contributed by atoms with E-state index in [9.17, 15) is 46.4 Å². The maximum atomic E-state index is 12.3. The van der Waals surface area contributed by atoms with Crippen molar-refractivity contribution in [2.24, 2.45) is 20.5 Å². The van der Waals surface area contributed by atoms with Crippen LogP contribution in [-0.4, -0.2) is 68.6 Å². The number of hydrogen-bond acceptors (Lipinski definition) is 21. The van der Waals surface area contributed by atoms with Crippen LogP contribution in [0.3, 0.4) is 0 Å². The number of thiophene rings is 1. The van der Waals surface area contributed by atoms with Gasteiger partial charge in [-0.2, -0.15) is 42.3 Å². The van der Waals surface area contributed by atoms with Crippen molar-refractivity contribution in [2.75, 3.05) is 27.8 Å². The summed E-state index contributed by atoms with van der Waals surface area (Å²) in [6.45, 7) is 1.53. The number of benzene rings is 5. The molecule has 0 saturated carbocycles. The summed E-state index contributed by atoms with van der Waals surface area (Å²) >= 11 is 13.1. The molecule has 0 saturated heterocycles. The Labute approximate surface area is 433 Å². The van der Waals surface area contributed by atoms with Crippen LogP contribution in [0.5, 0.6) is 6.01 Å². The molecule has 23 nitrogen and oxygen atoms in total. The van der Waals surface area contributed by atoms with E-state index in [4.69, 9.17) is 28.3 Å². The van der Waals surface area contributed by atoms with Gasteiger partial charge in [-0.1, -0.05) is 64.9 Å². The van der Waals surface area contributed by atoms with Crippen molar-refractivity contribution in [3.8, 4) is 29.3 Å². The molecule has 0 aliphatic rings. The second kappa shape index (κ2) is 21.5. The second-order valence-electron chi connectivity index (χ2n) is 15.3. The lowest BCUT2D eigenvalue weighted by Crippen LogP contribution is -2.11. The minimum atomic E-state index is -4.75. The number of carboxylic acid groups (broad SMARTS) is 1. The highest BCUT2D eigenvalue weighted by atomic mass is 35.5. The smallest absolute Gasteiger partial charge is 0.320 e. The molecule has 0 atom stereocenters. The van der Waals surface area contributed by atoms with Gasteiger partial charge in [0, 0.05) is 45.1 Å². The van der Waals surface area contributed by atoms with E-state index >= 15 is 0 Å². The summed E-state index contributed by atoms with van der Waals surface area (Å²) < 4.78 is 68.4. The van der Waals surface area contributed by atoms with Crippen LogP contribution < -0.4 is 21.3 Å². The average Bonchev–Trinajstić information content (AvgIpc) is 3.70. The monoisotopic (exact) mass is 1090 g/mol. The zero-order chi connectivity index (χ0) is 52.9. The van der Waals surface area contributed by atoms with Crippen LogP contribution in [0.4, 0.5) is 62.0 Å². The summed E-state index contributed by atoms with van der Waals surface area (Å²) in [4.78, 5) is 26.5. The topological polar surface area (TPSA) is 363 Å². The number of nitriles is 2. The number of nitrogens with zero attached hydrogens (tertiary/aromatic N) is 10. The third kappa shape index (κ3) is 12.0. The van der Waals surface area contributed by atoms with Gasteiger partial charge >= 0.3 is 12.0 Å². The van der Waals surface area contributed by atoms with Crippen molar-refractivity contribution in [2.45, 2.75) is 23.1 Å². The maximum absolute atomic E-state index is 12.3. The van der Waals surface area contributed by atoms with Crippen LogP contribution in [0.15, 0.2) is 133 Å².